The summed E-state index contributed by atoms with van der Waals surface area (Å²) in [6.45, 7) is 6.88. The van der Waals surface area contributed by atoms with E-state index < -0.39 is 7.82 Å². The Kier molecular flexibility index (Phi) is 5.02. The van der Waals surface area contributed by atoms with Gasteiger partial charge in [0.15, 0.2) is 5.84 Å². The van der Waals surface area contributed by atoms with Gasteiger partial charge in [0.2, 0.25) is 0 Å². The van der Waals surface area contributed by atoms with Crippen LogP contribution in [0.1, 0.15) is 20.3 Å². The van der Waals surface area contributed by atoms with Gasteiger partial charge >= 0.3 is 7.82 Å². The number of phosphoric ester groups is 1. The maximum absolute atomic E-state index is 10.7. The van der Waals surface area contributed by atoms with Crippen LogP contribution < -0.4 is 5.73 Å². The third-order valence-corrected chi connectivity index (χ3v) is 2.77. The summed E-state index contributed by atoms with van der Waals surface area (Å²) in [5.41, 5.74) is 6.58. The fourth-order valence-corrected chi connectivity index (χ4v) is 1.55. The second-order valence-corrected chi connectivity index (χ2v) is 5.03. The number of aliphatic imine (C=N–C) groups is 2. The van der Waals surface area contributed by atoms with Crippen molar-refractivity contribution in [1.82, 2.24) is 4.90 Å². The minimum Gasteiger partial charge on any atom is -0.401 e. The van der Waals surface area contributed by atoms with Gasteiger partial charge in [0.05, 0.1) is 0 Å². The van der Waals surface area contributed by atoms with E-state index in [0.29, 0.717) is 29.5 Å². The number of amidine groups is 2. The minimum atomic E-state index is -4.56. The summed E-state index contributed by atoms with van der Waals surface area (Å²) in [5, 5.41) is 0. The second-order valence-electron chi connectivity index (χ2n) is 3.79. The lowest BCUT2D eigenvalue weighted by Crippen LogP contribution is -2.32. The predicted molar refractivity (Wildman–Crippen MR) is 72.1 cm³/mol. The third-order valence-electron chi connectivity index (χ3n) is 2.32. The van der Waals surface area contributed by atoms with Crippen LogP contribution in [0.25, 0.3) is 0 Å². The van der Waals surface area contributed by atoms with Crippen molar-refractivity contribution in [2.45, 2.75) is 20.3 Å². The highest BCUT2D eigenvalue weighted by Gasteiger charge is 2.26. The van der Waals surface area contributed by atoms with Gasteiger partial charge < -0.3 is 15.5 Å². The van der Waals surface area contributed by atoms with E-state index in [0.717, 1.165) is 0 Å². The number of hydrogen-bond donors (Lipinski definition) is 3. The van der Waals surface area contributed by atoms with Crippen molar-refractivity contribution in [3.8, 4) is 0 Å². The van der Waals surface area contributed by atoms with Crippen molar-refractivity contribution in [2.75, 3.05) is 6.73 Å². The molecule has 4 N–H and O–H groups in total. The molecule has 0 saturated carbocycles. The Hall–Kier alpha value is -1.47. The maximum atomic E-state index is 10.7. The van der Waals surface area contributed by atoms with Crippen LogP contribution in [-0.2, 0) is 9.09 Å². The SMILES string of the molecule is C=C1N=C(C)N(COP(=O)(O)O)C1=N/C=C(/N)CC. The molecule has 1 aliphatic rings. The highest BCUT2D eigenvalue weighted by Crippen LogP contribution is 2.36. The molecule has 0 spiro atoms. The molecule has 8 nitrogen and oxygen atoms in total. The fraction of sp³-hybridized carbons (Fsp3) is 0.400. The van der Waals surface area contributed by atoms with Crippen LogP contribution in [0.3, 0.4) is 0 Å². The molecule has 0 fully saturated rings. The number of phosphoric acid groups is 1. The topological polar surface area (TPSA) is 121 Å². The van der Waals surface area contributed by atoms with Gasteiger partial charge in [0, 0.05) is 11.9 Å². The standard InChI is InChI=1S/C10H17N4O4P/c1-4-9(11)5-12-10-7(2)13-8(3)14(10)6-18-19(15,16)17/h5H,2,4,6,11H2,1,3H3,(H2,15,16,17)/b9-5+,12-10?. The summed E-state index contributed by atoms with van der Waals surface area (Å²) in [6.07, 6.45) is 2.10. The van der Waals surface area contributed by atoms with E-state index >= 15 is 0 Å². The van der Waals surface area contributed by atoms with Crippen LogP contribution in [0.15, 0.2) is 34.2 Å². The highest BCUT2D eigenvalue weighted by atomic mass is 31.2. The van der Waals surface area contributed by atoms with Crippen LogP contribution in [-0.4, -0.2) is 33.1 Å². The molecule has 1 heterocycles. The summed E-state index contributed by atoms with van der Waals surface area (Å²) < 4.78 is 15.1. The molecule has 106 valence electrons. The Morgan fingerprint density at radius 1 is 1.68 bits per heavy atom. The quantitative estimate of drug-likeness (QED) is 0.646. The largest absolute Gasteiger partial charge is 0.471 e. The molecule has 0 unspecified atom stereocenters. The summed E-state index contributed by atoms with van der Waals surface area (Å²) >= 11 is 0. The number of nitrogens with two attached hydrogens (primary N) is 1. The Balaban J connectivity index is 2.89. The highest BCUT2D eigenvalue weighted by molar-refractivity contribution is 7.46. The molecule has 0 amide bonds. The van der Waals surface area contributed by atoms with Gasteiger partial charge in [-0.15, -0.1) is 0 Å². The van der Waals surface area contributed by atoms with Crippen molar-refractivity contribution >= 4 is 19.5 Å². The number of allylic oxidation sites excluding steroid dienone is 1. The average molecular weight is 288 g/mol. The van der Waals surface area contributed by atoms with Gasteiger partial charge in [-0.1, -0.05) is 13.5 Å². The summed E-state index contributed by atoms with van der Waals surface area (Å²) in [7, 11) is -4.56. The molecule has 0 aromatic carbocycles. The van der Waals surface area contributed by atoms with Gasteiger partial charge in [-0.3, -0.25) is 9.42 Å². The molecule has 0 aliphatic carbocycles. The summed E-state index contributed by atoms with van der Waals surface area (Å²) in [4.78, 5) is 27.0. The summed E-state index contributed by atoms with van der Waals surface area (Å²) in [5.74, 6) is 0.836. The van der Waals surface area contributed by atoms with Crippen LogP contribution in [0.4, 0.5) is 0 Å². The average Bonchev–Trinajstić information content (AvgIpc) is 2.57. The molecular formula is C10H17N4O4P. The van der Waals surface area contributed by atoms with Crippen molar-refractivity contribution in [3.05, 3.63) is 24.2 Å². The van der Waals surface area contributed by atoms with E-state index in [1.807, 2.05) is 6.92 Å². The lowest BCUT2D eigenvalue weighted by atomic mass is 10.4. The van der Waals surface area contributed by atoms with Gasteiger partial charge in [-0.05, 0) is 13.3 Å². The zero-order valence-corrected chi connectivity index (χ0v) is 11.7. The fourth-order valence-electron chi connectivity index (χ4n) is 1.28. The lowest BCUT2D eigenvalue weighted by molar-refractivity contribution is 0.163. The van der Waals surface area contributed by atoms with Crippen molar-refractivity contribution in [3.63, 3.8) is 0 Å². The molecule has 0 aromatic heterocycles. The third kappa shape index (κ3) is 4.60. The first-order valence-corrected chi connectivity index (χ1v) is 7.02. The van der Waals surface area contributed by atoms with Crippen LogP contribution in [0.2, 0.25) is 0 Å². The Morgan fingerprint density at radius 2 is 2.32 bits per heavy atom. The molecule has 0 aromatic rings. The smallest absolute Gasteiger partial charge is 0.401 e. The first-order chi connectivity index (χ1) is 8.74. The maximum Gasteiger partial charge on any atom is 0.471 e. The molecule has 1 aliphatic heterocycles. The van der Waals surface area contributed by atoms with Crippen molar-refractivity contribution in [2.24, 2.45) is 15.7 Å². The van der Waals surface area contributed by atoms with E-state index in [2.05, 4.69) is 21.1 Å². The molecule has 19 heavy (non-hydrogen) atoms. The second kappa shape index (κ2) is 6.12. The molecule has 0 saturated heterocycles. The van der Waals surface area contributed by atoms with E-state index in [1.165, 1.54) is 11.1 Å². The van der Waals surface area contributed by atoms with E-state index in [9.17, 15) is 4.57 Å². The molecule has 0 bridgehead atoms. The molecule has 9 heteroatoms. The molecule has 0 radical (unpaired) electrons. The number of hydrogen-bond acceptors (Lipinski definition) is 5. The molecule has 0 atom stereocenters. The summed E-state index contributed by atoms with van der Waals surface area (Å²) in [6, 6.07) is 0. The van der Waals surface area contributed by atoms with Crippen LogP contribution in [0, 0.1) is 0 Å². The molecular weight excluding hydrogens is 271 g/mol. The number of nitrogens with zero attached hydrogens (tertiary/aromatic N) is 3. The van der Waals surface area contributed by atoms with E-state index in [-0.39, 0.29) is 6.73 Å². The Bertz CT molecular complexity index is 506. The van der Waals surface area contributed by atoms with Crippen LogP contribution in [0.5, 0.6) is 0 Å². The number of rotatable bonds is 5. The van der Waals surface area contributed by atoms with Crippen molar-refractivity contribution < 1.29 is 18.9 Å². The van der Waals surface area contributed by atoms with Crippen LogP contribution >= 0.6 is 7.82 Å². The first kappa shape index (κ1) is 15.6. The molecule has 1 rings (SSSR count). The van der Waals surface area contributed by atoms with E-state index in [4.69, 9.17) is 15.5 Å². The predicted octanol–water partition coefficient (Wildman–Crippen LogP) is 0.910. The normalized spacial score (nSPS) is 19.3. The monoisotopic (exact) mass is 288 g/mol. The Morgan fingerprint density at radius 3 is 2.84 bits per heavy atom. The van der Waals surface area contributed by atoms with Gasteiger partial charge in [-0.2, -0.15) is 0 Å². The lowest BCUT2D eigenvalue weighted by Gasteiger charge is -2.18. The van der Waals surface area contributed by atoms with Gasteiger partial charge in [0.25, 0.3) is 0 Å². The van der Waals surface area contributed by atoms with E-state index in [1.54, 1.807) is 6.92 Å². The zero-order valence-electron chi connectivity index (χ0n) is 10.8. The van der Waals surface area contributed by atoms with Gasteiger partial charge in [-0.25, -0.2) is 14.5 Å². The zero-order chi connectivity index (χ0) is 14.6. The first-order valence-electron chi connectivity index (χ1n) is 5.49. The Labute approximate surface area is 111 Å². The van der Waals surface area contributed by atoms with Crippen molar-refractivity contribution in [1.29, 1.82) is 0 Å². The minimum absolute atomic E-state index is 0.349. The van der Waals surface area contributed by atoms with Gasteiger partial charge in [0.1, 0.15) is 18.3 Å².